The Bertz CT molecular complexity index is 462. The van der Waals surface area contributed by atoms with Crippen molar-refractivity contribution >= 4 is 5.97 Å². The third kappa shape index (κ3) is 19.9. The van der Waals surface area contributed by atoms with Gasteiger partial charge in [0, 0.05) is 6.42 Å². The van der Waals surface area contributed by atoms with E-state index in [4.69, 9.17) is 5.11 Å². The topological polar surface area (TPSA) is 37.3 Å². The summed E-state index contributed by atoms with van der Waals surface area (Å²) in [4.78, 5) is 10.3. The first-order valence-corrected chi connectivity index (χ1v) is 8.89. The number of carbonyl (C=O) groups is 1. The molecule has 0 aromatic heterocycles. The van der Waals surface area contributed by atoms with E-state index in [9.17, 15) is 4.79 Å². The third-order valence-corrected chi connectivity index (χ3v) is 3.12. The largest absolute Gasteiger partial charge is 0.481 e. The van der Waals surface area contributed by atoms with Gasteiger partial charge in [-0.2, -0.15) is 0 Å². The quantitative estimate of drug-likeness (QED) is 0.367. The summed E-state index contributed by atoms with van der Waals surface area (Å²) in [5, 5.41) is 8.49. The molecule has 0 saturated heterocycles. The summed E-state index contributed by atoms with van der Waals surface area (Å²) in [6.45, 7) is 2.15. The van der Waals surface area contributed by atoms with E-state index in [0.29, 0.717) is 6.42 Å². The maximum absolute atomic E-state index is 10.3. The molecule has 2 heteroatoms. The van der Waals surface area contributed by atoms with Crippen LogP contribution in [0.1, 0.15) is 58.3 Å². The fraction of sp³-hybridized carbons (Fsp3) is 0.409. The summed E-state index contributed by atoms with van der Waals surface area (Å²) in [6, 6.07) is 0. The van der Waals surface area contributed by atoms with Gasteiger partial charge >= 0.3 is 5.97 Å². The van der Waals surface area contributed by atoms with Crippen LogP contribution in [0.5, 0.6) is 0 Å². The van der Waals surface area contributed by atoms with Gasteiger partial charge in [0.25, 0.3) is 0 Å². The Labute approximate surface area is 147 Å². The van der Waals surface area contributed by atoms with Crippen molar-refractivity contribution in [3.05, 3.63) is 72.9 Å². The van der Waals surface area contributed by atoms with Crippen molar-refractivity contribution in [2.75, 3.05) is 0 Å². The SMILES string of the molecule is CC/C=C\C/C=C/C/C=C/C/C=C\C/C=C\C/C=C\CCC(=O)O. The highest BCUT2D eigenvalue weighted by Crippen LogP contribution is 1.97. The van der Waals surface area contributed by atoms with Crippen LogP contribution in [0.15, 0.2) is 72.9 Å². The number of carboxylic acids is 1. The molecule has 2 nitrogen and oxygen atoms in total. The molecule has 0 aliphatic rings. The van der Waals surface area contributed by atoms with E-state index in [0.717, 1.165) is 38.5 Å². The second-order valence-electron chi connectivity index (χ2n) is 5.35. The predicted molar refractivity (Wildman–Crippen MR) is 105 cm³/mol. The number of hydrogen-bond acceptors (Lipinski definition) is 1. The smallest absolute Gasteiger partial charge is 0.303 e. The number of carboxylic acid groups (broad SMARTS) is 1. The summed E-state index contributed by atoms with van der Waals surface area (Å²) >= 11 is 0. The Morgan fingerprint density at radius 1 is 0.625 bits per heavy atom. The lowest BCUT2D eigenvalue weighted by Gasteiger charge is -1.87. The van der Waals surface area contributed by atoms with Gasteiger partial charge in [-0.15, -0.1) is 0 Å². The lowest BCUT2D eigenvalue weighted by Crippen LogP contribution is -1.91. The molecule has 0 heterocycles. The van der Waals surface area contributed by atoms with Crippen LogP contribution >= 0.6 is 0 Å². The van der Waals surface area contributed by atoms with Gasteiger partial charge in [0.05, 0.1) is 0 Å². The Morgan fingerprint density at radius 2 is 0.958 bits per heavy atom. The molecule has 0 aromatic rings. The number of rotatable bonds is 14. The van der Waals surface area contributed by atoms with Crippen LogP contribution in [-0.2, 0) is 4.79 Å². The second kappa shape index (κ2) is 19.0. The Morgan fingerprint density at radius 3 is 1.29 bits per heavy atom. The van der Waals surface area contributed by atoms with Crippen LogP contribution in [0.25, 0.3) is 0 Å². The molecule has 0 spiro atoms. The zero-order valence-electron chi connectivity index (χ0n) is 14.9. The molecule has 0 aliphatic carbocycles. The van der Waals surface area contributed by atoms with Crippen LogP contribution in [0.2, 0.25) is 0 Å². The van der Waals surface area contributed by atoms with Gasteiger partial charge < -0.3 is 5.11 Å². The highest BCUT2D eigenvalue weighted by Gasteiger charge is 1.90. The predicted octanol–water partition coefficient (Wildman–Crippen LogP) is 6.55. The summed E-state index contributed by atoms with van der Waals surface area (Å²) in [5.41, 5.74) is 0. The van der Waals surface area contributed by atoms with Crippen LogP contribution in [0.3, 0.4) is 0 Å². The molecule has 0 atom stereocenters. The van der Waals surface area contributed by atoms with Gasteiger partial charge in [-0.05, 0) is 44.9 Å². The van der Waals surface area contributed by atoms with Gasteiger partial charge in [0.2, 0.25) is 0 Å². The lowest BCUT2D eigenvalue weighted by molar-refractivity contribution is -0.136. The van der Waals surface area contributed by atoms with Crippen molar-refractivity contribution in [2.24, 2.45) is 0 Å². The number of aliphatic carboxylic acids is 1. The molecular weight excluding hydrogens is 296 g/mol. The number of hydrogen-bond donors (Lipinski definition) is 1. The number of allylic oxidation sites excluding steroid dienone is 12. The van der Waals surface area contributed by atoms with E-state index in [1.807, 2.05) is 12.2 Å². The molecule has 24 heavy (non-hydrogen) atoms. The standard InChI is InChI=1S/C22H32O2/c1-2-3-4-5-6-7-8-9-10-11-12-13-14-15-16-17-18-19-20-21-22(23)24/h3-4,6-7,9-10,12-13,15-16,18-19H,2,5,8,11,14,17,20-21H2,1H3,(H,23,24)/b4-3-,7-6+,10-9+,13-12-,16-15-,19-18-. The molecule has 0 radical (unpaired) electrons. The van der Waals surface area contributed by atoms with Gasteiger partial charge in [-0.1, -0.05) is 79.8 Å². The van der Waals surface area contributed by atoms with Crippen LogP contribution in [0.4, 0.5) is 0 Å². The molecule has 0 saturated carbocycles. The molecule has 0 amide bonds. The van der Waals surface area contributed by atoms with E-state index in [1.165, 1.54) is 0 Å². The van der Waals surface area contributed by atoms with E-state index in [1.54, 1.807) is 0 Å². The Hall–Kier alpha value is -2.09. The van der Waals surface area contributed by atoms with E-state index in [-0.39, 0.29) is 6.42 Å². The normalized spacial score (nSPS) is 13.0. The van der Waals surface area contributed by atoms with Crippen molar-refractivity contribution in [3.8, 4) is 0 Å². The fourth-order valence-corrected chi connectivity index (χ4v) is 1.85. The van der Waals surface area contributed by atoms with Crippen LogP contribution < -0.4 is 0 Å². The van der Waals surface area contributed by atoms with E-state index < -0.39 is 5.97 Å². The summed E-state index contributed by atoms with van der Waals surface area (Å²) < 4.78 is 0. The zero-order chi connectivity index (χ0) is 17.7. The van der Waals surface area contributed by atoms with Gasteiger partial charge in [0.15, 0.2) is 0 Å². The summed E-state index contributed by atoms with van der Waals surface area (Å²) in [7, 11) is 0. The summed E-state index contributed by atoms with van der Waals surface area (Å²) in [6.07, 6.45) is 32.5. The minimum Gasteiger partial charge on any atom is -0.481 e. The minimum absolute atomic E-state index is 0.210. The van der Waals surface area contributed by atoms with Crippen molar-refractivity contribution < 1.29 is 9.90 Å². The first kappa shape index (κ1) is 21.9. The van der Waals surface area contributed by atoms with E-state index in [2.05, 4.69) is 67.7 Å². The molecule has 0 aromatic carbocycles. The fourth-order valence-electron chi connectivity index (χ4n) is 1.85. The monoisotopic (exact) mass is 328 g/mol. The van der Waals surface area contributed by atoms with Crippen molar-refractivity contribution in [2.45, 2.75) is 58.3 Å². The Kier molecular flexibility index (Phi) is 17.3. The average Bonchev–Trinajstić information content (AvgIpc) is 2.56. The maximum atomic E-state index is 10.3. The first-order valence-electron chi connectivity index (χ1n) is 8.89. The molecule has 0 rings (SSSR count). The van der Waals surface area contributed by atoms with Gasteiger partial charge in [-0.25, -0.2) is 0 Å². The molecule has 132 valence electrons. The zero-order valence-corrected chi connectivity index (χ0v) is 14.9. The maximum Gasteiger partial charge on any atom is 0.303 e. The van der Waals surface area contributed by atoms with Gasteiger partial charge in [-0.3, -0.25) is 4.79 Å². The lowest BCUT2D eigenvalue weighted by atomic mass is 10.2. The average molecular weight is 328 g/mol. The van der Waals surface area contributed by atoms with E-state index >= 15 is 0 Å². The third-order valence-electron chi connectivity index (χ3n) is 3.12. The highest BCUT2D eigenvalue weighted by atomic mass is 16.4. The highest BCUT2D eigenvalue weighted by molar-refractivity contribution is 5.66. The van der Waals surface area contributed by atoms with Crippen molar-refractivity contribution in [1.29, 1.82) is 0 Å². The van der Waals surface area contributed by atoms with Crippen molar-refractivity contribution in [3.63, 3.8) is 0 Å². The molecular formula is C22H32O2. The second-order valence-corrected chi connectivity index (χ2v) is 5.35. The molecule has 0 bridgehead atoms. The van der Waals surface area contributed by atoms with Crippen molar-refractivity contribution in [1.82, 2.24) is 0 Å². The Balaban J connectivity index is 3.51. The van der Waals surface area contributed by atoms with Gasteiger partial charge in [0.1, 0.15) is 0 Å². The van der Waals surface area contributed by atoms with Crippen LogP contribution in [-0.4, -0.2) is 11.1 Å². The summed E-state index contributed by atoms with van der Waals surface area (Å²) in [5.74, 6) is -0.741. The molecule has 1 N–H and O–H groups in total. The molecule has 0 unspecified atom stereocenters. The van der Waals surface area contributed by atoms with Crippen LogP contribution in [0, 0.1) is 0 Å². The first-order chi connectivity index (χ1) is 11.8. The molecule has 0 fully saturated rings. The minimum atomic E-state index is -0.741. The molecule has 0 aliphatic heterocycles.